The van der Waals surface area contributed by atoms with Gasteiger partial charge in [0.25, 0.3) is 0 Å². The standard InChI is InChI=1S/C45H69N3O3Si/c1-5-52(6-2,26-9-12-34-29-32-10-7-11-33(34)28-32)27-20-45(50)19-17-39-37-15-14-35-30-42(51-4)41(31-38(35)36(37)16-18-44(39,45)3)47-22-24-48(25-23-47)43(49)40-13-8-21-46-40/h30-34,36-37,39-40,46,50H,5-19,21-26,28-29H2,1-4H3/t32?,33?,34?,36?,37?,39?,40-,44-,45+/m0/s1. The molecule has 52 heavy (non-hydrogen) atoms. The first-order valence-electron chi connectivity index (χ1n) is 21.9. The van der Waals surface area contributed by atoms with Gasteiger partial charge in [-0.1, -0.05) is 58.8 Å². The summed E-state index contributed by atoms with van der Waals surface area (Å²) in [5.74, 6) is 9.72. The molecule has 6 nitrogen and oxygen atoms in total. The summed E-state index contributed by atoms with van der Waals surface area (Å²) in [7, 11) is 0.0618. The van der Waals surface area contributed by atoms with Crippen LogP contribution in [0.25, 0.3) is 0 Å². The number of hydrogen-bond donors (Lipinski definition) is 2. The number of aliphatic hydroxyl groups is 1. The van der Waals surface area contributed by atoms with E-state index in [9.17, 15) is 9.90 Å². The smallest absolute Gasteiger partial charge is 0.239 e. The van der Waals surface area contributed by atoms with E-state index in [1.54, 1.807) is 0 Å². The molecular formula is C45H69N3O3Si. The number of methoxy groups -OCH3 is 1. The monoisotopic (exact) mass is 728 g/mol. The van der Waals surface area contributed by atoms with Crippen molar-refractivity contribution < 1.29 is 14.6 Å². The van der Waals surface area contributed by atoms with Crippen molar-refractivity contribution >= 4 is 19.7 Å². The van der Waals surface area contributed by atoms with Gasteiger partial charge in [0, 0.05) is 31.6 Å². The average Bonchev–Trinajstić information content (AvgIpc) is 3.88. The quantitative estimate of drug-likeness (QED) is 0.198. The van der Waals surface area contributed by atoms with Gasteiger partial charge in [0.15, 0.2) is 0 Å². The lowest BCUT2D eigenvalue weighted by Crippen LogP contribution is -2.53. The molecule has 1 amide bonds. The average molecular weight is 728 g/mol. The molecule has 8 rings (SSSR count). The summed E-state index contributed by atoms with van der Waals surface area (Å²) in [4.78, 5) is 17.6. The number of nitrogens with zero attached hydrogens (tertiary/aromatic N) is 2. The molecule has 0 aromatic heterocycles. The summed E-state index contributed by atoms with van der Waals surface area (Å²) >= 11 is 0. The van der Waals surface area contributed by atoms with E-state index in [0.717, 1.165) is 101 Å². The summed E-state index contributed by atoms with van der Waals surface area (Å²) in [5.41, 5.74) is 7.21. The first-order valence-corrected chi connectivity index (χ1v) is 24.6. The second kappa shape index (κ2) is 14.9. The van der Waals surface area contributed by atoms with E-state index in [4.69, 9.17) is 4.74 Å². The van der Waals surface area contributed by atoms with Gasteiger partial charge in [-0.25, -0.2) is 0 Å². The van der Waals surface area contributed by atoms with Crippen LogP contribution in [0.1, 0.15) is 128 Å². The summed E-state index contributed by atoms with van der Waals surface area (Å²) in [6.45, 7) is 11.4. The number of aryl methyl sites for hydroxylation is 1. The highest BCUT2D eigenvalue weighted by Crippen LogP contribution is 2.64. The molecule has 2 bridgehead atoms. The molecule has 0 spiro atoms. The van der Waals surface area contributed by atoms with Crippen LogP contribution in [0.3, 0.4) is 0 Å². The zero-order valence-electron chi connectivity index (χ0n) is 33.1. The van der Waals surface area contributed by atoms with Crippen LogP contribution in [-0.2, 0) is 11.2 Å². The van der Waals surface area contributed by atoms with Crippen molar-refractivity contribution in [3.05, 3.63) is 23.3 Å². The summed E-state index contributed by atoms with van der Waals surface area (Å²) in [6.07, 6.45) is 18.7. The predicted molar refractivity (Wildman–Crippen MR) is 214 cm³/mol. The maximum atomic E-state index is 13.1. The molecule has 4 saturated carbocycles. The van der Waals surface area contributed by atoms with Crippen LogP contribution >= 0.6 is 0 Å². The third-order valence-electron chi connectivity index (χ3n) is 16.7. The third-order valence-corrected chi connectivity index (χ3v) is 21.4. The van der Waals surface area contributed by atoms with Crippen molar-refractivity contribution in [3.8, 4) is 17.2 Å². The minimum atomic E-state index is -1.75. The Morgan fingerprint density at radius 3 is 2.58 bits per heavy atom. The molecule has 9 atom stereocenters. The summed E-state index contributed by atoms with van der Waals surface area (Å²) < 4.78 is 6.03. The molecule has 6 fully saturated rings. The van der Waals surface area contributed by atoms with Crippen LogP contribution < -0.4 is 15.0 Å². The van der Waals surface area contributed by atoms with Crippen LogP contribution in [0, 0.1) is 46.5 Å². The Kier molecular flexibility index (Phi) is 10.6. The number of amides is 1. The van der Waals surface area contributed by atoms with Gasteiger partial charge in [-0.3, -0.25) is 4.79 Å². The molecule has 1 aromatic carbocycles. The van der Waals surface area contributed by atoms with Gasteiger partial charge in [-0.05, 0) is 148 Å². The van der Waals surface area contributed by atoms with Crippen molar-refractivity contribution in [1.82, 2.24) is 10.2 Å². The van der Waals surface area contributed by atoms with E-state index >= 15 is 0 Å². The van der Waals surface area contributed by atoms with E-state index in [0.29, 0.717) is 17.8 Å². The zero-order chi connectivity index (χ0) is 36.1. The van der Waals surface area contributed by atoms with Crippen LogP contribution in [0.15, 0.2) is 12.1 Å². The van der Waals surface area contributed by atoms with Gasteiger partial charge in [0.1, 0.15) is 19.4 Å². The van der Waals surface area contributed by atoms with E-state index < -0.39 is 13.7 Å². The largest absolute Gasteiger partial charge is 0.495 e. The van der Waals surface area contributed by atoms with Gasteiger partial charge < -0.3 is 25.0 Å². The second-order valence-electron chi connectivity index (χ2n) is 18.9. The molecule has 7 aliphatic rings. The number of rotatable bonds is 9. The minimum absolute atomic E-state index is 0.00639. The van der Waals surface area contributed by atoms with Crippen LogP contribution in [0.5, 0.6) is 5.75 Å². The number of piperazine rings is 1. The van der Waals surface area contributed by atoms with Gasteiger partial charge in [-0.15, -0.1) is 5.54 Å². The minimum Gasteiger partial charge on any atom is -0.495 e. The van der Waals surface area contributed by atoms with Gasteiger partial charge in [0.2, 0.25) is 5.91 Å². The van der Waals surface area contributed by atoms with Crippen LogP contribution in [0.2, 0.25) is 18.1 Å². The molecule has 7 heteroatoms. The Balaban J connectivity index is 0.956. The SMILES string of the molecule is CC[Si](C#C[C@]1(O)CCC2C3CCc4cc(OC)c(N5CCN(C(=O)[C@@H]6CCCN6)CC5)cc4C3CC[C@@]21C)(CC)CCCC1CC2CCCC1C2. The van der Waals surface area contributed by atoms with Gasteiger partial charge >= 0.3 is 0 Å². The summed E-state index contributed by atoms with van der Waals surface area (Å²) in [5, 5.41) is 16.0. The Bertz CT molecular complexity index is 1520. The van der Waals surface area contributed by atoms with Crippen molar-refractivity contribution in [3.63, 3.8) is 0 Å². The fraction of sp³-hybridized carbons (Fsp3) is 0.800. The zero-order valence-corrected chi connectivity index (χ0v) is 34.1. The van der Waals surface area contributed by atoms with Crippen molar-refractivity contribution in [2.75, 3.05) is 44.7 Å². The number of ether oxygens (including phenoxy) is 1. The Morgan fingerprint density at radius 2 is 1.85 bits per heavy atom. The maximum Gasteiger partial charge on any atom is 0.239 e. The highest BCUT2D eigenvalue weighted by molar-refractivity contribution is 6.87. The topological polar surface area (TPSA) is 65.0 Å². The number of anilines is 1. The predicted octanol–water partition coefficient (Wildman–Crippen LogP) is 8.32. The second-order valence-corrected chi connectivity index (χ2v) is 23.6. The molecule has 0 radical (unpaired) electrons. The van der Waals surface area contributed by atoms with E-state index in [2.05, 4.69) is 59.5 Å². The van der Waals surface area contributed by atoms with E-state index in [-0.39, 0.29) is 17.4 Å². The van der Waals surface area contributed by atoms with Gasteiger partial charge in [-0.2, -0.15) is 0 Å². The fourth-order valence-electron chi connectivity index (χ4n) is 13.2. The van der Waals surface area contributed by atoms with E-state index in [1.165, 1.54) is 86.3 Å². The summed E-state index contributed by atoms with van der Waals surface area (Å²) in [6, 6.07) is 8.59. The number of hydrogen-bond acceptors (Lipinski definition) is 5. The fourth-order valence-corrected chi connectivity index (χ4v) is 16.3. The van der Waals surface area contributed by atoms with E-state index in [1.807, 2.05) is 7.11 Å². The lowest BCUT2D eigenvalue weighted by atomic mass is 9.53. The Morgan fingerprint density at radius 1 is 1.02 bits per heavy atom. The molecular weight excluding hydrogens is 659 g/mol. The van der Waals surface area contributed by atoms with Gasteiger partial charge in [0.05, 0.1) is 18.8 Å². The molecule has 2 saturated heterocycles. The molecule has 286 valence electrons. The lowest BCUT2D eigenvalue weighted by molar-refractivity contribution is -0.133. The maximum absolute atomic E-state index is 13.1. The molecule has 2 aliphatic heterocycles. The molecule has 5 aliphatic carbocycles. The number of carbonyl (C=O) groups excluding carboxylic acids is 1. The highest BCUT2D eigenvalue weighted by atomic mass is 28.3. The molecule has 2 N–H and O–H groups in total. The number of carbonyl (C=O) groups is 1. The lowest BCUT2D eigenvalue weighted by Gasteiger charge is -2.52. The first kappa shape index (κ1) is 36.9. The number of nitrogens with one attached hydrogen (secondary N) is 1. The van der Waals surface area contributed by atoms with Crippen LogP contribution in [-0.4, -0.2) is 75.5 Å². The van der Waals surface area contributed by atoms with Crippen molar-refractivity contribution in [2.24, 2.45) is 35.0 Å². The molecule has 1 aromatic rings. The molecule has 6 unspecified atom stereocenters. The van der Waals surface area contributed by atoms with Crippen molar-refractivity contribution in [2.45, 2.75) is 153 Å². The number of benzene rings is 1. The first-order chi connectivity index (χ1) is 25.2. The third kappa shape index (κ3) is 6.57. The normalized spacial score (nSPS) is 36.8. The number of fused-ring (bicyclic) bond motifs is 7. The molecule has 2 heterocycles. The Labute approximate surface area is 316 Å². The Hall–Kier alpha value is -2.01. The highest BCUT2D eigenvalue weighted by Gasteiger charge is 2.61. The van der Waals surface area contributed by atoms with Crippen LogP contribution in [0.4, 0.5) is 5.69 Å². The van der Waals surface area contributed by atoms with Crippen molar-refractivity contribution in [1.29, 1.82) is 0 Å².